The van der Waals surface area contributed by atoms with Crippen LogP contribution in [0.3, 0.4) is 0 Å². The number of rotatable bonds is 5. The predicted molar refractivity (Wildman–Crippen MR) is 119 cm³/mol. The number of nitrogens with one attached hydrogen (secondary N) is 2. The van der Waals surface area contributed by atoms with Crippen LogP contribution in [0.4, 0.5) is 5.82 Å². The maximum atomic E-state index is 12.6. The maximum absolute atomic E-state index is 12.6. The second-order valence-corrected chi connectivity index (χ2v) is 7.41. The second kappa shape index (κ2) is 11.2. The number of hydrogen-bond acceptors (Lipinski definition) is 5. The molecule has 0 bridgehead atoms. The Labute approximate surface area is 190 Å². The molecule has 0 saturated carbocycles. The zero-order valence-corrected chi connectivity index (χ0v) is 18.2. The molecule has 2 aromatic rings. The number of anilines is 1. The zero-order valence-electron chi connectivity index (χ0n) is 15.8. The van der Waals surface area contributed by atoms with Gasteiger partial charge in [-0.1, -0.05) is 35.3 Å². The molecule has 2 heterocycles. The van der Waals surface area contributed by atoms with Gasteiger partial charge in [-0.25, -0.2) is 10.5 Å². The first kappa shape index (κ1) is 24.0. The van der Waals surface area contributed by atoms with E-state index in [1.165, 1.54) is 17.6 Å². The van der Waals surface area contributed by atoms with Crippen molar-refractivity contribution in [3.05, 3.63) is 63.8 Å². The molecular weight excluding hydrogens is 451 g/mol. The van der Waals surface area contributed by atoms with Gasteiger partial charge in [0.1, 0.15) is 5.82 Å². The molecule has 1 fully saturated rings. The lowest BCUT2D eigenvalue weighted by Crippen LogP contribution is -2.42. The van der Waals surface area contributed by atoms with Crippen molar-refractivity contribution >= 4 is 59.3 Å². The van der Waals surface area contributed by atoms with Crippen LogP contribution in [-0.2, 0) is 4.79 Å². The third kappa shape index (κ3) is 6.09. The molecular formula is C20H21Cl3N4O3. The summed E-state index contributed by atoms with van der Waals surface area (Å²) in [6.45, 7) is 1.22. The molecule has 160 valence electrons. The molecule has 30 heavy (non-hydrogen) atoms. The van der Waals surface area contributed by atoms with E-state index in [-0.39, 0.29) is 24.4 Å². The summed E-state index contributed by atoms with van der Waals surface area (Å²) >= 11 is 12.4. The van der Waals surface area contributed by atoms with Gasteiger partial charge in [-0.05, 0) is 42.7 Å². The molecule has 1 aliphatic rings. The number of likely N-dealkylation sites (tertiary alicyclic amines) is 1. The van der Waals surface area contributed by atoms with E-state index in [1.54, 1.807) is 41.4 Å². The summed E-state index contributed by atoms with van der Waals surface area (Å²) in [6, 6.07) is 8.86. The Hall–Kier alpha value is -2.32. The number of benzene rings is 1. The fraction of sp³-hybridized carbons (Fsp3) is 0.250. The molecule has 1 aliphatic heterocycles. The number of hydrogen-bond donors (Lipinski definition) is 3. The smallest absolute Gasteiger partial charge is 0.267 e. The maximum Gasteiger partial charge on any atom is 0.267 e. The van der Waals surface area contributed by atoms with Crippen LogP contribution in [0.1, 0.15) is 28.8 Å². The molecule has 0 spiro atoms. The third-order valence-electron chi connectivity index (χ3n) is 4.63. The van der Waals surface area contributed by atoms with Crippen molar-refractivity contribution in [2.45, 2.75) is 18.9 Å². The molecule has 0 radical (unpaired) electrons. The number of aromatic nitrogens is 1. The fourth-order valence-corrected chi connectivity index (χ4v) is 3.53. The molecule has 3 rings (SSSR count). The summed E-state index contributed by atoms with van der Waals surface area (Å²) in [5.41, 5.74) is 2.66. The molecule has 1 aromatic carbocycles. The highest BCUT2D eigenvalue weighted by Gasteiger charge is 2.25. The van der Waals surface area contributed by atoms with Crippen molar-refractivity contribution < 1.29 is 14.8 Å². The molecule has 0 atom stereocenters. The van der Waals surface area contributed by atoms with Crippen molar-refractivity contribution in [1.29, 1.82) is 0 Å². The van der Waals surface area contributed by atoms with Crippen molar-refractivity contribution in [1.82, 2.24) is 15.4 Å². The van der Waals surface area contributed by atoms with E-state index in [9.17, 15) is 9.59 Å². The Kier molecular flexibility index (Phi) is 8.92. The average Bonchev–Trinajstić information content (AvgIpc) is 2.74. The average molecular weight is 472 g/mol. The van der Waals surface area contributed by atoms with Gasteiger partial charge in [-0.15, -0.1) is 12.4 Å². The Morgan fingerprint density at radius 3 is 2.50 bits per heavy atom. The Morgan fingerprint density at radius 2 is 1.87 bits per heavy atom. The molecule has 0 unspecified atom stereocenters. The molecule has 7 nitrogen and oxygen atoms in total. The molecule has 2 amide bonds. The Balaban J connectivity index is 0.00000320. The zero-order chi connectivity index (χ0) is 20.8. The van der Waals surface area contributed by atoms with Gasteiger partial charge in [0.2, 0.25) is 0 Å². The van der Waals surface area contributed by atoms with Crippen molar-refractivity contribution in [3.63, 3.8) is 0 Å². The summed E-state index contributed by atoms with van der Waals surface area (Å²) in [7, 11) is 0. The lowest BCUT2D eigenvalue weighted by molar-refractivity contribution is -0.124. The SMILES string of the molecule is Cl.O=C(/C=C/c1cnc(NC2CCN(C(=O)c3ccccc3Cl)CC2)c(Cl)c1)NO. The minimum absolute atomic E-state index is 0. The highest BCUT2D eigenvalue weighted by molar-refractivity contribution is 6.34. The second-order valence-electron chi connectivity index (χ2n) is 6.60. The van der Waals surface area contributed by atoms with Gasteiger partial charge in [-0.2, -0.15) is 0 Å². The van der Waals surface area contributed by atoms with Crippen LogP contribution in [0, 0.1) is 0 Å². The largest absolute Gasteiger partial charge is 0.366 e. The summed E-state index contributed by atoms with van der Waals surface area (Å²) in [4.78, 5) is 29.8. The van der Waals surface area contributed by atoms with Gasteiger partial charge in [0.15, 0.2) is 0 Å². The number of piperidine rings is 1. The van der Waals surface area contributed by atoms with Crippen LogP contribution in [-0.4, -0.2) is 46.0 Å². The third-order valence-corrected chi connectivity index (χ3v) is 5.24. The molecule has 0 aliphatic carbocycles. The van der Waals surface area contributed by atoms with Crippen LogP contribution in [0.2, 0.25) is 10.0 Å². The summed E-state index contributed by atoms with van der Waals surface area (Å²) < 4.78 is 0. The first-order chi connectivity index (χ1) is 14.0. The van der Waals surface area contributed by atoms with E-state index in [4.69, 9.17) is 28.4 Å². The van der Waals surface area contributed by atoms with Crippen molar-refractivity contribution in [2.75, 3.05) is 18.4 Å². The van der Waals surface area contributed by atoms with Gasteiger partial charge in [0, 0.05) is 31.4 Å². The number of nitrogens with zero attached hydrogens (tertiary/aromatic N) is 2. The normalized spacial score (nSPS) is 14.3. The number of carbonyl (C=O) groups is 2. The van der Waals surface area contributed by atoms with Gasteiger partial charge >= 0.3 is 0 Å². The van der Waals surface area contributed by atoms with Crippen LogP contribution in [0.25, 0.3) is 6.08 Å². The van der Waals surface area contributed by atoms with E-state index in [0.717, 1.165) is 12.8 Å². The quantitative estimate of drug-likeness (QED) is 0.347. The van der Waals surface area contributed by atoms with E-state index in [2.05, 4.69) is 10.3 Å². The number of pyridine rings is 1. The molecule has 1 aromatic heterocycles. The van der Waals surface area contributed by atoms with Crippen LogP contribution < -0.4 is 10.8 Å². The Bertz CT molecular complexity index is 931. The Morgan fingerprint density at radius 1 is 1.17 bits per heavy atom. The fourth-order valence-electron chi connectivity index (χ4n) is 3.08. The van der Waals surface area contributed by atoms with Crippen molar-refractivity contribution in [2.24, 2.45) is 0 Å². The van der Waals surface area contributed by atoms with Crippen LogP contribution in [0.15, 0.2) is 42.6 Å². The summed E-state index contributed by atoms with van der Waals surface area (Å²) in [5.74, 6) is -0.152. The van der Waals surface area contributed by atoms with E-state index in [1.807, 2.05) is 0 Å². The number of carbonyl (C=O) groups excluding carboxylic acids is 2. The van der Waals surface area contributed by atoms with Crippen molar-refractivity contribution in [3.8, 4) is 0 Å². The van der Waals surface area contributed by atoms with Gasteiger partial charge in [0.25, 0.3) is 11.8 Å². The summed E-state index contributed by atoms with van der Waals surface area (Å²) in [5, 5.41) is 12.7. The van der Waals surface area contributed by atoms with E-state index < -0.39 is 5.91 Å². The minimum Gasteiger partial charge on any atom is -0.366 e. The van der Waals surface area contributed by atoms with Crippen LogP contribution >= 0.6 is 35.6 Å². The number of amides is 2. The van der Waals surface area contributed by atoms with Gasteiger partial charge < -0.3 is 10.2 Å². The van der Waals surface area contributed by atoms with E-state index in [0.29, 0.717) is 40.1 Å². The first-order valence-corrected chi connectivity index (χ1v) is 9.81. The van der Waals surface area contributed by atoms with E-state index >= 15 is 0 Å². The highest BCUT2D eigenvalue weighted by atomic mass is 35.5. The number of hydroxylamine groups is 1. The topological polar surface area (TPSA) is 94.6 Å². The first-order valence-electron chi connectivity index (χ1n) is 9.06. The minimum atomic E-state index is -0.638. The lowest BCUT2D eigenvalue weighted by atomic mass is 10.0. The predicted octanol–water partition coefficient (Wildman–Crippen LogP) is 4.05. The molecule has 3 N–H and O–H groups in total. The lowest BCUT2D eigenvalue weighted by Gasteiger charge is -2.33. The number of halogens is 3. The van der Waals surface area contributed by atoms with Gasteiger partial charge in [-0.3, -0.25) is 14.8 Å². The summed E-state index contributed by atoms with van der Waals surface area (Å²) in [6.07, 6.45) is 5.75. The molecule has 1 saturated heterocycles. The van der Waals surface area contributed by atoms with Crippen LogP contribution in [0.5, 0.6) is 0 Å². The highest BCUT2D eigenvalue weighted by Crippen LogP contribution is 2.25. The van der Waals surface area contributed by atoms with Gasteiger partial charge in [0.05, 0.1) is 15.6 Å². The monoisotopic (exact) mass is 470 g/mol. The molecule has 10 heteroatoms. The standard InChI is InChI=1S/C20H20Cl2N4O3.ClH/c21-16-4-2-1-3-15(16)20(28)26-9-7-14(8-10-26)24-19-17(22)11-13(12-23-19)5-6-18(27)25-29;/h1-6,11-12,14,29H,7-10H2,(H,23,24)(H,25,27);1H/b6-5+;.